The van der Waals surface area contributed by atoms with Crippen molar-refractivity contribution in [3.05, 3.63) is 47.0 Å². The second-order valence-electron chi connectivity index (χ2n) is 5.32. The fourth-order valence-corrected chi connectivity index (χ4v) is 3.75. The number of benzene rings is 2. The first-order chi connectivity index (χ1) is 12.2. The van der Waals surface area contributed by atoms with Gasteiger partial charge in [-0.3, -0.25) is 0 Å². The molecule has 1 aliphatic heterocycles. The van der Waals surface area contributed by atoms with Gasteiger partial charge in [0.2, 0.25) is 5.96 Å². The van der Waals surface area contributed by atoms with Crippen molar-refractivity contribution in [3.63, 3.8) is 0 Å². The third-order valence-electron chi connectivity index (χ3n) is 3.40. The van der Waals surface area contributed by atoms with E-state index in [0.29, 0.717) is 11.3 Å². The monoisotopic (exact) mass is 396 g/mol. The maximum atomic E-state index is 12.3. The maximum absolute atomic E-state index is 12.3. The zero-order valence-corrected chi connectivity index (χ0v) is 14.6. The first kappa shape index (κ1) is 17.8. The van der Waals surface area contributed by atoms with Gasteiger partial charge in [-0.15, -0.1) is 0 Å². The maximum Gasteiger partial charge on any atom is 0.404 e. The number of halogens is 1. The first-order valence-corrected chi connectivity index (χ1v) is 9.07. The summed E-state index contributed by atoms with van der Waals surface area (Å²) in [4.78, 5) is 14.4. The molecule has 1 aliphatic rings. The molecular formula is C15H13ClN4O5S. The van der Waals surface area contributed by atoms with Crippen molar-refractivity contribution >= 4 is 45.1 Å². The van der Waals surface area contributed by atoms with Crippen molar-refractivity contribution in [1.29, 1.82) is 0 Å². The Morgan fingerprint density at radius 3 is 2.77 bits per heavy atom. The van der Waals surface area contributed by atoms with E-state index in [0.717, 1.165) is 0 Å². The predicted molar refractivity (Wildman–Crippen MR) is 95.5 cm³/mol. The van der Waals surface area contributed by atoms with Crippen LogP contribution in [0.4, 0.5) is 16.2 Å². The summed E-state index contributed by atoms with van der Waals surface area (Å²) in [6.07, 6.45) is -1.15. The minimum absolute atomic E-state index is 0.0665. The van der Waals surface area contributed by atoms with Gasteiger partial charge in [0.05, 0.1) is 0 Å². The molecule has 136 valence electrons. The van der Waals surface area contributed by atoms with E-state index in [4.69, 9.17) is 16.7 Å². The van der Waals surface area contributed by atoms with Crippen LogP contribution in [0.3, 0.4) is 0 Å². The van der Waals surface area contributed by atoms with Gasteiger partial charge in [-0.05, 0) is 23.8 Å². The van der Waals surface area contributed by atoms with Crippen molar-refractivity contribution in [2.24, 2.45) is 4.99 Å². The molecule has 0 unspecified atom stereocenters. The Hall–Kier alpha value is -2.98. The molecule has 2 aromatic rings. The van der Waals surface area contributed by atoms with Crippen LogP contribution >= 0.6 is 11.6 Å². The summed E-state index contributed by atoms with van der Waals surface area (Å²) >= 11 is 5.78. The highest BCUT2D eigenvalue weighted by molar-refractivity contribution is 7.90. The lowest BCUT2D eigenvalue weighted by Crippen LogP contribution is -2.38. The molecule has 26 heavy (non-hydrogen) atoms. The van der Waals surface area contributed by atoms with Crippen molar-refractivity contribution in [1.82, 2.24) is 10.0 Å². The summed E-state index contributed by atoms with van der Waals surface area (Å²) in [7, 11) is -3.97. The minimum Gasteiger partial charge on any atom is -0.506 e. The highest BCUT2D eigenvalue weighted by Gasteiger charge is 2.28. The van der Waals surface area contributed by atoms with E-state index in [1.165, 1.54) is 12.1 Å². The number of phenols is 1. The number of carbonyl (C=O) groups is 1. The number of nitrogens with zero attached hydrogens (tertiary/aromatic N) is 1. The number of amides is 1. The molecule has 0 fully saturated rings. The Bertz CT molecular complexity index is 1020. The normalized spacial score (nSPS) is 14.6. The second kappa shape index (κ2) is 6.73. The lowest BCUT2D eigenvalue weighted by atomic mass is 10.2. The molecule has 0 aliphatic carbocycles. The molecule has 11 heteroatoms. The van der Waals surface area contributed by atoms with Gasteiger partial charge in [-0.1, -0.05) is 23.7 Å². The number of hydrogen-bond donors (Lipinski definition) is 5. The minimum atomic E-state index is -3.97. The van der Waals surface area contributed by atoms with Crippen LogP contribution in [0.2, 0.25) is 5.02 Å². The number of sulfonamides is 1. The molecule has 0 atom stereocenters. The summed E-state index contributed by atoms with van der Waals surface area (Å²) in [5, 5.41) is 23.7. The number of carboxylic acid groups (broad SMARTS) is 1. The third-order valence-corrected chi connectivity index (χ3v) is 4.97. The third kappa shape index (κ3) is 3.81. The number of hydrogen-bond acceptors (Lipinski definition) is 6. The largest absolute Gasteiger partial charge is 0.506 e. The summed E-state index contributed by atoms with van der Waals surface area (Å²) < 4.78 is 26.9. The standard InChI is InChI=1S/C15H13ClN4O5S/c16-9-5-11(21)13-12(6-9)26(24,25)20-14(19-13)18-10-3-1-2-8(4-10)7-17-15(22)23/h1-6,17,21H,7H2,(H,22,23)(H2,18,19,20). The number of phenolic OH excluding ortho intramolecular Hbond substituents is 1. The van der Waals surface area contributed by atoms with Gasteiger partial charge in [0.15, 0.2) is 0 Å². The van der Waals surface area contributed by atoms with E-state index in [1.807, 2.05) is 0 Å². The molecule has 0 saturated carbocycles. The smallest absolute Gasteiger partial charge is 0.404 e. The lowest BCUT2D eigenvalue weighted by Gasteiger charge is -2.20. The quantitative estimate of drug-likeness (QED) is 0.538. The van der Waals surface area contributed by atoms with Crippen molar-refractivity contribution in [2.45, 2.75) is 11.4 Å². The number of anilines is 1. The van der Waals surface area contributed by atoms with Crippen LogP contribution in [-0.2, 0) is 16.6 Å². The van der Waals surface area contributed by atoms with Crippen molar-refractivity contribution in [2.75, 3.05) is 5.32 Å². The van der Waals surface area contributed by atoms with Crippen LogP contribution < -0.4 is 15.4 Å². The Morgan fingerprint density at radius 1 is 1.27 bits per heavy atom. The van der Waals surface area contributed by atoms with E-state index in [9.17, 15) is 18.3 Å². The zero-order valence-electron chi connectivity index (χ0n) is 13.0. The molecule has 0 saturated heterocycles. The van der Waals surface area contributed by atoms with Gasteiger partial charge >= 0.3 is 6.09 Å². The van der Waals surface area contributed by atoms with Gasteiger partial charge in [0, 0.05) is 23.3 Å². The van der Waals surface area contributed by atoms with E-state index in [-0.39, 0.29) is 33.9 Å². The Balaban J connectivity index is 1.90. The van der Waals surface area contributed by atoms with Gasteiger partial charge in [-0.25, -0.2) is 22.9 Å². The summed E-state index contributed by atoms with van der Waals surface area (Å²) in [6, 6.07) is 9.04. The van der Waals surface area contributed by atoms with Crippen LogP contribution in [0.15, 0.2) is 46.3 Å². The molecule has 0 radical (unpaired) electrons. The number of aliphatic imine (C=N–C) groups is 1. The van der Waals surface area contributed by atoms with Gasteiger partial charge < -0.3 is 20.8 Å². The SMILES string of the molecule is O=C(O)NCc1cccc(NC2=Nc3c(O)cc(Cl)cc3S(=O)(=O)N2)c1. The fourth-order valence-electron chi connectivity index (χ4n) is 2.32. The average Bonchev–Trinajstić information content (AvgIpc) is 2.54. The number of rotatable bonds is 3. The number of aromatic hydroxyl groups is 1. The van der Waals surface area contributed by atoms with Crippen molar-refractivity contribution < 1.29 is 23.4 Å². The summed E-state index contributed by atoms with van der Waals surface area (Å²) in [5.41, 5.74) is 1.01. The number of guanidine groups is 1. The Morgan fingerprint density at radius 2 is 2.04 bits per heavy atom. The second-order valence-corrected chi connectivity index (χ2v) is 7.41. The number of fused-ring (bicyclic) bond motifs is 1. The summed E-state index contributed by atoms with van der Waals surface area (Å²) in [6.45, 7) is 0.0885. The number of nitrogens with one attached hydrogen (secondary N) is 3. The highest BCUT2D eigenvalue weighted by atomic mass is 35.5. The van der Waals surface area contributed by atoms with Crippen LogP contribution in [0.25, 0.3) is 0 Å². The molecular weight excluding hydrogens is 384 g/mol. The molecule has 0 bridgehead atoms. The molecule has 1 heterocycles. The summed E-state index contributed by atoms with van der Waals surface area (Å²) in [5.74, 6) is -0.477. The van der Waals surface area contributed by atoms with E-state index < -0.39 is 16.1 Å². The van der Waals surface area contributed by atoms with Gasteiger partial charge in [0.1, 0.15) is 16.3 Å². The van der Waals surface area contributed by atoms with Crippen LogP contribution in [-0.4, -0.2) is 30.7 Å². The zero-order chi connectivity index (χ0) is 18.9. The Labute approximate surface area is 153 Å². The van der Waals surface area contributed by atoms with Crippen LogP contribution in [0.1, 0.15) is 5.56 Å². The van der Waals surface area contributed by atoms with Gasteiger partial charge in [0.25, 0.3) is 10.0 Å². The molecule has 0 spiro atoms. The van der Waals surface area contributed by atoms with Crippen LogP contribution in [0.5, 0.6) is 5.75 Å². The van der Waals surface area contributed by atoms with E-state index >= 15 is 0 Å². The first-order valence-electron chi connectivity index (χ1n) is 7.21. The average molecular weight is 397 g/mol. The van der Waals surface area contributed by atoms with Gasteiger partial charge in [-0.2, -0.15) is 0 Å². The lowest BCUT2D eigenvalue weighted by molar-refractivity contribution is 0.194. The fraction of sp³-hybridized carbons (Fsp3) is 0.0667. The molecule has 2 aromatic carbocycles. The van der Waals surface area contributed by atoms with Crippen LogP contribution in [0, 0.1) is 0 Å². The molecule has 1 amide bonds. The van der Waals surface area contributed by atoms with Crippen molar-refractivity contribution in [3.8, 4) is 5.75 Å². The predicted octanol–water partition coefficient (Wildman–Crippen LogP) is 2.20. The molecule has 9 nitrogen and oxygen atoms in total. The highest BCUT2D eigenvalue weighted by Crippen LogP contribution is 2.38. The topological polar surface area (TPSA) is 140 Å². The molecule has 3 rings (SSSR count). The molecule has 0 aromatic heterocycles. The van der Waals surface area contributed by atoms with E-state index in [1.54, 1.807) is 24.3 Å². The van der Waals surface area contributed by atoms with E-state index in [2.05, 4.69) is 20.3 Å². The Kier molecular flexibility index (Phi) is 4.62. The molecule has 5 N–H and O–H groups in total.